The molecule has 0 N–H and O–H groups in total. The number of hydrogen-bond acceptors (Lipinski definition) is 3. The van der Waals surface area contributed by atoms with E-state index < -0.39 is 0 Å². The molecule has 0 bridgehead atoms. The normalized spacial score (nSPS) is 16.9. The molecule has 1 aromatic carbocycles. The Morgan fingerprint density at radius 3 is 2.75 bits per heavy atom. The molecule has 1 aromatic heterocycles. The van der Waals surface area contributed by atoms with Gasteiger partial charge in [0.25, 0.3) is 0 Å². The first-order valence-electron chi connectivity index (χ1n) is 6.63. The van der Waals surface area contributed by atoms with Gasteiger partial charge in [0, 0.05) is 16.9 Å². The standard InChI is InChI=1S/C15H14BrN3O/c16-13-9-12(15(18-11-20)5-1-2-6-15)3-4-14(13)19-8-7-17-10-19/h3-4,7-10H,1-2,5-6H2. The zero-order valence-electron chi connectivity index (χ0n) is 10.9. The van der Waals surface area contributed by atoms with E-state index in [1.54, 1.807) is 18.6 Å². The molecule has 1 aliphatic rings. The van der Waals surface area contributed by atoms with Gasteiger partial charge in [-0.15, -0.1) is 0 Å². The second-order valence-corrected chi connectivity index (χ2v) is 5.93. The highest BCUT2D eigenvalue weighted by atomic mass is 79.9. The zero-order chi connectivity index (χ0) is 14.0. The fourth-order valence-corrected chi connectivity index (χ4v) is 3.50. The van der Waals surface area contributed by atoms with Gasteiger partial charge in [-0.2, -0.15) is 4.99 Å². The molecule has 0 radical (unpaired) electrons. The summed E-state index contributed by atoms with van der Waals surface area (Å²) < 4.78 is 2.92. The maximum atomic E-state index is 10.8. The van der Waals surface area contributed by atoms with Gasteiger partial charge in [0.05, 0.1) is 17.6 Å². The molecule has 1 aliphatic carbocycles. The predicted molar refractivity (Wildman–Crippen MR) is 79.5 cm³/mol. The van der Waals surface area contributed by atoms with Gasteiger partial charge in [0.15, 0.2) is 0 Å². The number of isocyanates is 1. The largest absolute Gasteiger partial charge is 0.305 e. The van der Waals surface area contributed by atoms with E-state index in [0.717, 1.165) is 41.4 Å². The fraction of sp³-hybridized carbons (Fsp3) is 0.333. The number of halogens is 1. The third-order valence-corrected chi connectivity index (χ3v) is 4.59. The first kappa shape index (κ1) is 13.3. The van der Waals surface area contributed by atoms with Crippen molar-refractivity contribution in [3.05, 3.63) is 47.0 Å². The molecular weight excluding hydrogens is 318 g/mol. The summed E-state index contributed by atoms with van der Waals surface area (Å²) in [5, 5.41) is 0. The van der Waals surface area contributed by atoms with Gasteiger partial charge in [0.2, 0.25) is 6.08 Å². The average Bonchev–Trinajstić information content (AvgIpc) is 3.10. The van der Waals surface area contributed by atoms with Crippen molar-refractivity contribution in [1.82, 2.24) is 9.55 Å². The van der Waals surface area contributed by atoms with E-state index in [4.69, 9.17) is 0 Å². The van der Waals surface area contributed by atoms with Crippen molar-refractivity contribution in [3.8, 4) is 5.69 Å². The Kier molecular flexibility index (Phi) is 3.55. The molecule has 1 fully saturated rings. The van der Waals surface area contributed by atoms with Crippen LogP contribution < -0.4 is 0 Å². The zero-order valence-corrected chi connectivity index (χ0v) is 12.5. The Bertz CT molecular complexity index is 654. The molecule has 4 nitrogen and oxygen atoms in total. The molecule has 3 rings (SSSR count). The summed E-state index contributed by atoms with van der Waals surface area (Å²) in [6.45, 7) is 0. The van der Waals surface area contributed by atoms with Crippen LogP contribution in [0.4, 0.5) is 0 Å². The summed E-state index contributed by atoms with van der Waals surface area (Å²) >= 11 is 3.60. The minimum Gasteiger partial charge on any atom is -0.305 e. The van der Waals surface area contributed by atoms with Crippen LogP contribution in [0.3, 0.4) is 0 Å². The molecular formula is C15H14BrN3O. The van der Waals surface area contributed by atoms with E-state index >= 15 is 0 Å². The maximum absolute atomic E-state index is 10.8. The van der Waals surface area contributed by atoms with Crippen molar-refractivity contribution in [2.75, 3.05) is 0 Å². The summed E-state index contributed by atoms with van der Waals surface area (Å²) in [6.07, 6.45) is 11.2. The molecule has 0 saturated heterocycles. The van der Waals surface area contributed by atoms with E-state index in [1.807, 2.05) is 22.9 Å². The Morgan fingerprint density at radius 1 is 1.35 bits per heavy atom. The third-order valence-electron chi connectivity index (χ3n) is 3.96. The SMILES string of the molecule is O=C=NC1(c2ccc(-n3ccnc3)c(Br)c2)CCCC1. The number of aromatic nitrogens is 2. The molecule has 102 valence electrons. The second-order valence-electron chi connectivity index (χ2n) is 5.08. The highest BCUT2D eigenvalue weighted by Crippen LogP contribution is 2.43. The Hall–Kier alpha value is -1.71. The van der Waals surface area contributed by atoms with Crippen LogP contribution in [0.5, 0.6) is 0 Å². The summed E-state index contributed by atoms with van der Waals surface area (Å²) in [7, 11) is 0. The quantitative estimate of drug-likeness (QED) is 0.635. The van der Waals surface area contributed by atoms with Crippen LogP contribution >= 0.6 is 15.9 Å². The van der Waals surface area contributed by atoms with Crippen LogP contribution in [0, 0.1) is 0 Å². The molecule has 20 heavy (non-hydrogen) atoms. The number of rotatable bonds is 3. The van der Waals surface area contributed by atoms with Crippen molar-refractivity contribution in [2.24, 2.45) is 4.99 Å². The third kappa shape index (κ3) is 2.23. The minimum atomic E-state index is -0.377. The maximum Gasteiger partial charge on any atom is 0.235 e. The van der Waals surface area contributed by atoms with Gasteiger partial charge < -0.3 is 4.57 Å². The van der Waals surface area contributed by atoms with E-state index in [1.165, 1.54) is 0 Å². The predicted octanol–water partition coefficient (Wildman–Crippen LogP) is 3.74. The number of nitrogens with zero attached hydrogens (tertiary/aromatic N) is 3. The van der Waals surface area contributed by atoms with Crippen LogP contribution in [-0.2, 0) is 10.3 Å². The number of hydrogen-bond donors (Lipinski definition) is 0. The Morgan fingerprint density at radius 2 is 2.15 bits per heavy atom. The molecule has 1 saturated carbocycles. The van der Waals surface area contributed by atoms with Gasteiger partial charge in [-0.3, -0.25) is 0 Å². The van der Waals surface area contributed by atoms with Crippen molar-refractivity contribution >= 4 is 22.0 Å². The van der Waals surface area contributed by atoms with Crippen LogP contribution in [0.1, 0.15) is 31.2 Å². The first-order valence-corrected chi connectivity index (χ1v) is 7.42. The van der Waals surface area contributed by atoms with Gasteiger partial charge in [-0.05, 0) is 46.5 Å². The summed E-state index contributed by atoms with van der Waals surface area (Å²) in [5.41, 5.74) is 1.72. The van der Waals surface area contributed by atoms with Gasteiger partial charge in [-0.25, -0.2) is 9.78 Å². The first-order chi connectivity index (χ1) is 9.75. The number of carbonyl (C=O) groups excluding carboxylic acids is 1. The number of imidazole rings is 1. The molecule has 0 aliphatic heterocycles. The summed E-state index contributed by atoms with van der Waals surface area (Å²) in [6, 6.07) is 6.13. The Labute approximate surface area is 125 Å². The van der Waals surface area contributed by atoms with Crippen LogP contribution in [-0.4, -0.2) is 15.6 Å². The molecule has 0 unspecified atom stereocenters. The average molecular weight is 332 g/mol. The number of benzene rings is 1. The lowest BCUT2D eigenvalue weighted by Crippen LogP contribution is -2.19. The van der Waals surface area contributed by atoms with Crippen LogP contribution in [0.25, 0.3) is 5.69 Å². The smallest absolute Gasteiger partial charge is 0.235 e. The highest BCUT2D eigenvalue weighted by Gasteiger charge is 2.35. The van der Waals surface area contributed by atoms with Gasteiger partial charge >= 0.3 is 0 Å². The summed E-state index contributed by atoms with van der Waals surface area (Å²) in [5.74, 6) is 0. The highest BCUT2D eigenvalue weighted by molar-refractivity contribution is 9.10. The lowest BCUT2D eigenvalue weighted by Gasteiger charge is -2.23. The van der Waals surface area contributed by atoms with Crippen LogP contribution in [0.15, 0.2) is 46.4 Å². The lowest BCUT2D eigenvalue weighted by molar-refractivity contribution is 0.455. The van der Waals surface area contributed by atoms with E-state index in [9.17, 15) is 4.79 Å². The topological polar surface area (TPSA) is 47.2 Å². The second kappa shape index (κ2) is 5.35. The van der Waals surface area contributed by atoms with Gasteiger partial charge in [-0.1, -0.05) is 18.9 Å². The molecule has 5 heteroatoms. The molecule has 0 atom stereocenters. The van der Waals surface area contributed by atoms with Crippen molar-refractivity contribution in [3.63, 3.8) is 0 Å². The Balaban J connectivity index is 2.04. The lowest BCUT2D eigenvalue weighted by atomic mass is 9.89. The fourth-order valence-electron chi connectivity index (χ4n) is 2.92. The van der Waals surface area contributed by atoms with Crippen molar-refractivity contribution in [2.45, 2.75) is 31.2 Å². The molecule has 0 amide bonds. The molecule has 1 heterocycles. The molecule has 0 spiro atoms. The minimum absolute atomic E-state index is 0.377. The van der Waals surface area contributed by atoms with E-state index in [-0.39, 0.29) is 5.54 Å². The van der Waals surface area contributed by atoms with Crippen molar-refractivity contribution in [1.29, 1.82) is 0 Å². The molecule has 2 aromatic rings. The van der Waals surface area contributed by atoms with E-state index in [2.05, 4.69) is 32.0 Å². The van der Waals surface area contributed by atoms with E-state index in [0.29, 0.717) is 0 Å². The van der Waals surface area contributed by atoms with Crippen molar-refractivity contribution < 1.29 is 4.79 Å². The van der Waals surface area contributed by atoms with Gasteiger partial charge in [0.1, 0.15) is 0 Å². The number of aliphatic imine (C=N–C) groups is 1. The van der Waals surface area contributed by atoms with Crippen LogP contribution in [0.2, 0.25) is 0 Å². The monoisotopic (exact) mass is 331 g/mol. The summed E-state index contributed by atoms with van der Waals surface area (Å²) in [4.78, 5) is 18.9.